The highest BCUT2D eigenvalue weighted by molar-refractivity contribution is 5.93. The first kappa shape index (κ1) is 21.2. The molecule has 29 heavy (non-hydrogen) atoms. The van der Waals surface area contributed by atoms with Gasteiger partial charge in [0.05, 0.1) is 19.3 Å². The fraction of sp³-hybridized carbons (Fsp3) is 0.571. The molecule has 7 nitrogen and oxygen atoms in total. The van der Waals surface area contributed by atoms with E-state index in [0.29, 0.717) is 31.5 Å². The van der Waals surface area contributed by atoms with E-state index >= 15 is 0 Å². The van der Waals surface area contributed by atoms with Crippen LogP contribution in [0, 0.1) is 11.7 Å². The van der Waals surface area contributed by atoms with Crippen LogP contribution < -0.4 is 5.32 Å². The summed E-state index contributed by atoms with van der Waals surface area (Å²) < 4.78 is 19.9. The van der Waals surface area contributed by atoms with Crippen molar-refractivity contribution in [2.24, 2.45) is 5.92 Å². The van der Waals surface area contributed by atoms with Crippen molar-refractivity contribution in [1.82, 2.24) is 15.1 Å². The van der Waals surface area contributed by atoms with Crippen molar-refractivity contribution in [1.29, 1.82) is 0 Å². The summed E-state index contributed by atoms with van der Waals surface area (Å²) in [6.45, 7) is 5.17. The molecule has 2 saturated heterocycles. The number of amides is 3. The molecule has 1 aromatic rings. The van der Waals surface area contributed by atoms with E-state index in [-0.39, 0.29) is 49.2 Å². The Kier molecular flexibility index (Phi) is 6.84. The highest BCUT2D eigenvalue weighted by atomic mass is 19.1. The molecule has 0 radical (unpaired) electrons. The van der Waals surface area contributed by atoms with E-state index in [1.165, 1.54) is 11.0 Å². The number of ether oxygens (including phenoxy) is 1. The van der Waals surface area contributed by atoms with Gasteiger partial charge in [-0.2, -0.15) is 0 Å². The van der Waals surface area contributed by atoms with Gasteiger partial charge in [-0.15, -0.1) is 0 Å². The Labute approximate surface area is 170 Å². The van der Waals surface area contributed by atoms with Crippen molar-refractivity contribution >= 4 is 17.7 Å². The lowest BCUT2D eigenvalue weighted by molar-refractivity contribution is -0.140. The molecule has 2 fully saturated rings. The monoisotopic (exact) mass is 405 g/mol. The number of carbonyl (C=O) groups excluding carboxylic acids is 3. The fourth-order valence-electron chi connectivity index (χ4n) is 3.71. The zero-order valence-electron chi connectivity index (χ0n) is 16.9. The fourth-order valence-corrected chi connectivity index (χ4v) is 3.71. The summed E-state index contributed by atoms with van der Waals surface area (Å²) in [5.74, 6) is -0.651. The molecular weight excluding hydrogens is 377 g/mol. The molecule has 0 bridgehead atoms. The lowest BCUT2D eigenvalue weighted by Gasteiger charge is -2.26. The van der Waals surface area contributed by atoms with Crippen molar-refractivity contribution in [3.05, 3.63) is 35.6 Å². The maximum absolute atomic E-state index is 13.9. The molecule has 2 aliphatic rings. The predicted octanol–water partition coefficient (Wildman–Crippen LogP) is 1.32. The number of benzene rings is 1. The predicted molar refractivity (Wildman–Crippen MR) is 104 cm³/mol. The summed E-state index contributed by atoms with van der Waals surface area (Å²) in [6.07, 6.45) is 0.296. The lowest BCUT2D eigenvalue weighted by atomic mass is 10.2. The minimum Gasteiger partial charge on any atom is -0.370 e. The molecule has 0 aliphatic carbocycles. The van der Waals surface area contributed by atoms with Gasteiger partial charge in [-0.3, -0.25) is 14.4 Å². The number of rotatable bonds is 6. The van der Waals surface area contributed by atoms with Crippen LogP contribution in [0.4, 0.5) is 4.39 Å². The number of carbonyl (C=O) groups is 3. The van der Waals surface area contributed by atoms with E-state index in [1.807, 2.05) is 13.8 Å². The van der Waals surface area contributed by atoms with Crippen molar-refractivity contribution in [3.8, 4) is 0 Å². The molecule has 158 valence electrons. The number of halogens is 1. The number of nitrogens with zero attached hydrogens (tertiary/aromatic N) is 2. The molecule has 3 amide bonds. The van der Waals surface area contributed by atoms with Gasteiger partial charge in [0.15, 0.2) is 0 Å². The Morgan fingerprint density at radius 2 is 2.03 bits per heavy atom. The Balaban J connectivity index is 1.73. The lowest BCUT2D eigenvalue weighted by Crippen LogP contribution is -2.48. The van der Waals surface area contributed by atoms with Crippen molar-refractivity contribution in [2.45, 2.75) is 45.4 Å². The first-order valence-corrected chi connectivity index (χ1v) is 10.0. The van der Waals surface area contributed by atoms with Crippen molar-refractivity contribution < 1.29 is 23.5 Å². The van der Waals surface area contributed by atoms with E-state index in [2.05, 4.69) is 5.32 Å². The third kappa shape index (κ3) is 5.53. The third-order valence-corrected chi connectivity index (χ3v) is 5.15. The number of hydrogen-bond acceptors (Lipinski definition) is 4. The quantitative estimate of drug-likeness (QED) is 0.774. The number of nitrogens with one attached hydrogen (secondary N) is 1. The van der Waals surface area contributed by atoms with Crippen molar-refractivity contribution in [3.63, 3.8) is 0 Å². The van der Waals surface area contributed by atoms with Crippen LogP contribution in [0.25, 0.3) is 0 Å². The first-order valence-electron chi connectivity index (χ1n) is 10.0. The Hall–Kier alpha value is -2.48. The molecule has 0 aromatic heterocycles. The second-order valence-electron chi connectivity index (χ2n) is 8.09. The van der Waals surface area contributed by atoms with E-state index in [9.17, 15) is 18.8 Å². The second kappa shape index (κ2) is 9.35. The molecule has 1 unspecified atom stereocenters. The summed E-state index contributed by atoms with van der Waals surface area (Å²) in [4.78, 5) is 40.3. The molecule has 8 heteroatoms. The van der Waals surface area contributed by atoms with E-state index < -0.39 is 12.1 Å². The van der Waals surface area contributed by atoms with Crippen LogP contribution in [0.1, 0.15) is 32.3 Å². The van der Waals surface area contributed by atoms with Crippen molar-refractivity contribution in [2.75, 3.05) is 26.2 Å². The Morgan fingerprint density at radius 3 is 2.69 bits per heavy atom. The summed E-state index contributed by atoms with van der Waals surface area (Å²) >= 11 is 0. The minimum atomic E-state index is -0.598. The molecule has 1 N–H and O–H groups in total. The van der Waals surface area contributed by atoms with Gasteiger partial charge in [-0.1, -0.05) is 32.0 Å². The molecule has 2 atom stereocenters. The molecule has 3 rings (SSSR count). The maximum Gasteiger partial charge on any atom is 0.245 e. The Bertz CT molecular complexity index is 770. The van der Waals surface area contributed by atoms with Crippen LogP contribution >= 0.6 is 0 Å². The first-order chi connectivity index (χ1) is 13.8. The molecule has 0 spiro atoms. The van der Waals surface area contributed by atoms with Gasteiger partial charge < -0.3 is 19.9 Å². The van der Waals surface area contributed by atoms with Gasteiger partial charge in [0.1, 0.15) is 11.9 Å². The average molecular weight is 405 g/mol. The standard InChI is InChI=1S/C21H28FN3O4/c1-14(2)9-24-10-16(29-13-15-5-3-4-6-17(15)22)11-25(12-20(24)27)21(28)18-7-8-19(26)23-18/h3-6,14,16,18H,7-13H2,1-2H3,(H,23,26)/t16?,18-/m0/s1. The third-order valence-electron chi connectivity index (χ3n) is 5.15. The van der Waals surface area contributed by atoms with Gasteiger partial charge in [-0.05, 0) is 18.4 Å². The zero-order chi connectivity index (χ0) is 21.0. The van der Waals surface area contributed by atoms with Gasteiger partial charge in [0.2, 0.25) is 17.7 Å². The highest BCUT2D eigenvalue weighted by Gasteiger charge is 2.36. The molecule has 2 heterocycles. The second-order valence-corrected chi connectivity index (χ2v) is 8.09. The van der Waals surface area contributed by atoms with Crippen LogP contribution in [0.3, 0.4) is 0 Å². The van der Waals surface area contributed by atoms with E-state index in [4.69, 9.17) is 4.74 Å². The Morgan fingerprint density at radius 1 is 1.28 bits per heavy atom. The van der Waals surface area contributed by atoms with Crippen LogP contribution in [0.5, 0.6) is 0 Å². The van der Waals surface area contributed by atoms with E-state index in [0.717, 1.165) is 0 Å². The SMILES string of the molecule is CC(C)CN1CC(OCc2ccccc2F)CN(C(=O)[C@@H]2CCC(=O)N2)CC1=O. The molecule has 1 aromatic carbocycles. The summed E-state index contributed by atoms with van der Waals surface area (Å²) in [6, 6.07) is 5.78. The van der Waals surface area contributed by atoms with Crippen LogP contribution in [-0.4, -0.2) is 65.8 Å². The van der Waals surface area contributed by atoms with Crippen LogP contribution in [0.15, 0.2) is 24.3 Å². The zero-order valence-corrected chi connectivity index (χ0v) is 16.9. The summed E-state index contributed by atoms with van der Waals surface area (Å²) in [5.41, 5.74) is 0.430. The summed E-state index contributed by atoms with van der Waals surface area (Å²) in [5, 5.41) is 2.66. The molecule has 0 saturated carbocycles. The highest BCUT2D eigenvalue weighted by Crippen LogP contribution is 2.17. The van der Waals surface area contributed by atoms with Crippen LogP contribution in [0.2, 0.25) is 0 Å². The molecule has 2 aliphatic heterocycles. The van der Waals surface area contributed by atoms with Gasteiger partial charge in [0, 0.05) is 31.6 Å². The van der Waals surface area contributed by atoms with Gasteiger partial charge in [-0.25, -0.2) is 4.39 Å². The summed E-state index contributed by atoms with van der Waals surface area (Å²) in [7, 11) is 0. The molecular formula is C21H28FN3O4. The topological polar surface area (TPSA) is 79.0 Å². The number of hydrogen-bond donors (Lipinski definition) is 1. The van der Waals surface area contributed by atoms with Gasteiger partial charge in [0.25, 0.3) is 0 Å². The van der Waals surface area contributed by atoms with Gasteiger partial charge >= 0.3 is 0 Å². The average Bonchev–Trinajstić information content (AvgIpc) is 3.04. The smallest absolute Gasteiger partial charge is 0.245 e. The normalized spacial score (nSPS) is 22.8. The minimum absolute atomic E-state index is 0.0442. The van der Waals surface area contributed by atoms with Crippen LogP contribution in [-0.2, 0) is 25.7 Å². The largest absolute Gasteiger partial charge is 0.370 e. The maximum atomic E-state index is 13.9. The van der Waals surface area contributed by atoms with E-state index in [1.54, 1.807) is 23.1 Å².